The molecule has 0 spiro atoms. The molecule has 6 heteroatoms. The lowest BCUT2D eigenvalue weighted by Gasteiger charge is -2.41. The number of carboxylic acid groups (broad SMARTS) is 1. The van der Waals surface area contributed by atoms with Gasteiger partial charge in [0.25, 0.3) is 0 Å². The Morgan fingerprint density at radius 3 is 2.52 bits per heavy atom. The van der Waals surface area contributed by atoms with Crippen LogP contribution in [-0.2, 0) is 14.4 Å². The van der Waals surface area contributed by atoms with Gasteiger partial charge in [0.1, 0.15) is 6.04 Å². The first-order chi connectivity index (χ1) is 11.0. The Bertz CT molecular complexity index is 625. The van der Waals surface area contributed by atoms with Crippen molar-refractivity contribution in [2.45, 2.75) is 31.7 Å². The van der Waals surface area contributed by atoms with Crippen LogP contribution in [0.3, 0.4) is 0 Å². The van der Waals surface area contributed by atoms with Crippen molar-refractivity contribution in [2.24, 2.45) is 5.41 Å². The van der Waals surface area contributed by atoms with Crippen LogP contribution in [0.5, 0.6) is 0 Å². The number of carboxylic acids is 1. The Morgan fingerprint density at radius 1 is 1.26 bits per heavy atom. The summed E-state index contributed by atoms with van der Waals surface area (Å²) < 4.78 is 0. The maximum atomic E-state index is 12.7. The van der Waals surface area contributed by atoms with Gasteiger partial charge in [-0.25, -0.2) is 0 Å². The Labute approximate surface area is 134 Å². The third-order valence-corrected chi connectivity index (χ3v) is 4.90. The molecule has 3 rings (SSSR count). The van der Waals surface area contributed by atoms with Gasteiger partial charge >= 0.3 is 5.97 Å². The Hall–Kier alpha value is -2.37. The molecule has 0 bridgehead atoms. The second-order valence-corrected chi connectivity index (χ2v) is 6.31. The number of nitrogens with one attached hydrogen (secondary N) is 1. The molecule has 2 fully saturated rings. The number of nitrogens with zero attached hydrogens (tertiary/aromatic N) is 1. The number of carbonyl (C=O) groups is 3. The van der Waals surface area contributed by atoms with Crippen LogP contribution in [-0.4, -0.2) is 40.9 Å². The van der Waals surface area contributed by atoms with Crippen LogP contribution in [0.4, 0.5) is 0 Å². The van der Waals surface area contributed by atoms with E-state index < -0.39 is 17.4 Å². The first-order valence-corrected chi connectivity index (χ1v) is 7.89. The highest BCUT2D eigenvalue weighted by molar-refractivity contribution is 5.92. The minimum atomic E-state index is -0.938. The van der Waals surface area contributed by atoms with Gasteiger partial charge in [-0.1, -0.05) is 36.8 Å². The SMILES string of the molecule is O=C1NCCN(C(=O)CC2(C(=O)O)CCC2)[C@@H]1c1ccccc1. The Kier molecular flexibility index (Phi) is 4.07. The highest BCUT2D eigenvalue weighted by Crippen LogP contribution is 2.45. The summed E-state index contributed by atoms with van der Waals surface area (Å²) in [6, 6.07) is 8.45. The fourth-order valence-corrected chi connectivity index (χ4v) is 3.36. The number of carbonyl (C=O) groups excluding carboxylic acids is 2. The summed E-state index contributed by atoms with van der Waals surface area (Å²) in [6.07, 6.45) is 1.87. The maximum Gasteiger partial charge on any atom is 0.310 e. The maximum absolute atomic E-state index is 12.7. The largest absolute Gasteiger partial charge is 0.481 e. The molecule has 0 aromatic heterocycles. The van der Waals surface area contributed by atoms with Gasteiger partial charge in [-0.05, 0) is 18.4 Å². The monoisotopic (exact) mass is 316 g/mol. The predicted octanol–water partition coefficient (Wildman–Crippen LogP) is 1.33. The third-order valence-electron chi connectivity index (χ3n) is 4.90. The van der Waals surface area contributed by atoms with E-state index in [4.69, 9.17) is 0 Å². The number of benzene rings is 1. The third kappa shape index (κ3) is 2.81. The topological polar surface area (TPSA) is 86.7 Å². The Morgan fingerprint density at radius 2 is 1.96 bits per heavy atom. The highest BCUT2D eigenvalue weighted by Gasteiger charge is 2.48. The number of rotatable bonds is 4. The summed E-state index contributed by atoms with van der Waals surface area (Å²) in [5, 5.41) is 12.2. The summed E-state index contributed by atoms with van der Waals surface area (Å²) in [6.45, 7) is 0.799. The number of amides is 2. The first-order valence-electron chi connectivity index (χ1n) is 7.89. The van der Waals surface area contributed by atoms with Crippen molar-refractivity contribution in [1.29, 1.82) is 0 Å². The summed E-state index contributed by atoms with van der Waals surface area (Å²) in [5.74, 6) is -1.38. The summed E-state index contributed by atoms with van der Waals surface area (Å²) in [4.78, 5) is 38.0. The fraction of sp³-hybridized carbons (Fsp3) is 0.471. The molecule has 2 aliphatic rings. The molecule has 1 aliphatic heterocycles. The molecule has 1 aromatic carbocycles. The van der Waals surface area contributed by atoms with E-state index in [0.29, 0.717) is 25.9 Å². The first kappa shape index (κ1) is 15.5. The minimum absolute atomic E-state index is 0.0288. The van der Waals surface area contributed by atoms with Crippen molar-refractivity contribution in [3.05, 3.63) is 35.9 Å². The van der Waals surface area contributed by atoms with Gasteiger partial charge in [0.05, 0.1) is 5.41 Å². The molecule has 1 atom stereocenters. The van der Waals surface area contributed by atoms with E-state index in [9.17, 15) is 19.5 Å². The van der Waals surface area contributed by atoms with E-state index in [-0.39, 0.29) is 18.2 Å². The Balaban J connectivity index is 1.82. The highest BCUT2D eigenvalue weighted by atomic mass is 16.4. The molecule has 1 saturated carbocycles. The van der Waals surface area contributed by atoms with Crippen molar-refractivity contribution in [3.8, 4) is 0 Å². The van der Waals surface area contributed by atoms with Gasteiger partial charge < -0.3 is 15.3 Å². The van der Waals surface area contributed by atoms with Crippen LogP contribution in [0, 0.1) is 5.41 Å². The average molecular weight is 316 g/mol. The molecule has 6 nitrogen and oxygen atoms in total. The normalized spacial score (nSPS) is 22.9. The standard InChI is InChI=1S/C17H20N2O4/c20-13(11-17(16(22)23)7-4-8-17)19-10-9-18-15(21)14(19)12-5-2-1-3-6-12/h1-3,5-6,14H,4,7-11H2,(H,18,21)(H,22,23)/t14-/m1/s1. The molecule has 23 heavy (non-hydrogen) atoms. The summed E-state index contributed by atoms with van der Waals surface area (Å²) >= 11 is 0. The number of hydrogen-bond acceptors (Lipinski definition) is 3. The molecule has 1 aliphatic carbocycles. The van der Waals surface area contributed by atoms with E-state index >= 15 is 0 Å². The van der Waals surface area contributed by atoms with Crippen molar-refractivity contribution in [2.75, 3.05) is 13.1 Å². The molecule has 2 amide bonds. The summed E-state index contributed by atoms with van der Waals surface area (Å²) in [5.41, 5.74) is -0.192. The molecule has 0 unspecified atom stereocenters. The van der Waals surface area contributed by atoms with Crippen LogP contribution < -0.4 is 5.32 Å². The van der Waals surface area contributed by atoms with Crippen molar-refractivity contribution in [3.63, 3.8) is 0 Å². The zero-order valence-electron chi connectivity index (χ0n) is 12.8. The molecular formula is C17H20N2O4. The lowest BCUT2D eigenvalue weighted by atomic mass is 9.66. The van der Waals surface area contributed by atoms with E-state index in [1.807, 2.05) is 30.3 Å². The van der Waals surface area contributed by atoms with Crippen LogP contribution >= 0.6 is 0 Å². The lowest BCUT2D eigenvalue weighted by molar-refractivity contribution is -0.161. The molecule has 1 heterocycles. The van der Waals surface area contributed by atoms with Crippen LogP contribution in [0.2, 0.25) is 0 Å². The van der Waals surface area contributed by atoms with E-state index in [0.717, 1.165) is 12.0 Å². The smallest absolute Gasteiger partial charge is 0.310 e. The number of hydrogen-bond donors (Lipinski definition) is 2. The second-order valence-electron chi connectivity index (χ2n) is 6.31. The number of aliphatic carboxylic acids is 1. The van der Waals surface area contributed by atoms with Crippen molar-refractivity contribution >= 4 is 17.8 Å². The van der Waals surface area contributed by atoms with Gasteiger partial charge in [-0.3, -0.25) is 14.4 Å². The molecule has 122 valence electrons. The van der Waals surface area contributed by atoms with Gasteiger partial charge in [0.15, 0.2) is 0 Å². The van der Waals surface area contributed by atoms with Gasteiger partial charge in [-0.15, -0.1) is 0 Å². The van der Waals surface area contributed by atoms with Crippen molar-refractivity contribution in [1.82, 2.24) is 10.2 Å². The summed E-state index contributed by atoms with van der Waals surface area (Å²) in [7, 11) is 0. The van der Waals surface area contributed by atoms with Crippen LogP contribution in [0.25, 0.3) is 0 Å². The van der Waals surface area contributed by atoms with Crippen molar-refractivity contribution < 1.29 is 19.5 Å². The fourth-order valence-electron chi connectivity index (χ4n) is 3.36. The second kappa shape index (κ2) is 6.02. The van der Waals surface area contributed by atoms with Gasteiger partial charge in [-0.2, -0.15) is 0 Å². The van der Waals surface area contributed by atoms with E-state index in [1.165, 1.54) is 4.90 Å². The quantitative estimate of drug-likeness (QED) is 0.877. The predicted molar refractivity (Wildman–Crippen MR) is 82.4 cm³/mol. The molecule has 0 radical (unpaired) electrons. The van der Waals surface area contributed by atoms with Gasteiger partial charge in [0, 0.05) is 19.5 Å². The molecule has 2 N–H and O–H groups in total. The molecule has 1 saturated heterocycles. The van der Waals surface area contributed by atoms with E-state index in [2.05, 4.69) is 5.32 Å². The van der Waals surface area contributed by atoms with Crippen LogP contribution in [0.1, 0.15) is 37.3 Å². The minimum Gasteiger partial charge on any atom is -0.481 e. The lowest BCUT2D eigenvalue weighted by Crippen LogP contribution is -2.54. The molecular weight excluding hydrogens is 296 g/mol. The molecule has 1 aromatic rings. The average Bonchev–Trinajstić information content (AvgIpc) is 2.51. The van der Waals surface area contributed by atoms with E-state index in [1.54, 1.807) is 0 Å². The zero-order valence-corrected chi connectivity index (χ0v) is 12.8. The number of piperazine rings is 1. The zero-order chi connectivity index (χ0) is 16.4. The van der Waals surface area contributed by atoms with Crippen LogP contribution in [0.15, 0.2) is 30.3 Å². The van der Waals surface area contributed by atoms with Gasteiger partial charge in [0.2, 0.25) is 11.8 Å².